The van der Waals surface area contributed by atoms with Crippen molar-refractivity contribution in [1.82, 2.24) is 10.2 Å². The van der Waals surface area contributed by atoms with Crippen LogP contribution in [-0.4, -0.2) is 44.8 Å². The maximum Gasteiger partial charge on any atom is 0.316 e. The van der Waals surface area contributed by atoms with E-state index in [2.05, 4.69) is 5.32 Å². The Morgan fingerprint density at radius 3 is 3.00 bits per heavy atom. The molecule has 0 saturated carbocycles. The SMILES string of the molecule is CNC(=O)N(C)CC1CCCOC1. The van der Waals surface area contributed by atoms with Gasteiger partial charge in [-0.25, -0.2) is 4.79 Å². The number of rotatable bonds is 2. The molecular formula is C9H18N2O2. The standard InChI is InChI=1S/C9H18N2O2/c1-10-9(12)11(2)6-8-4-3-5-13-7-8/h8H,3-7H2,1-2H3,(H,10,12). The number of nitrogens with zero attached hydrogens (tertiary/aromatic N) is 1. The van der Waals surface area contributed by atoms with E-state index in [0.717, 1.165) is 26.2 Å². The van der Waals surface area contributed by atoms with Crippen molar-refractivity contribution in [3.63, 3.8) is 0 Å². The number of ether oxygens (including phenoxy) is 1. The minimum atomic E-state index is -0.0226. The molecule has 1 heterocycles. The van der Waals surface area contributed by atoms with Crippen LogP contribution in [0.4, 0.5) is 4.79 Å². The fraction of sp³-hybridized carbons (Fsp3) is 0.889. The summed E-state index contributed by atoms with van der Waals surface area (Å²) in [4.78, 5) is 12.9. The second kappa shape index (κ2) is 5.07. The molecule has 1 aliphatic rings. The van der Waals surface area contributed by atoms with Crippen LogP contribution >= 0.6 is 0 Å². The Balaban J connectivity index is 2.25. The minimum Gasteiger partial charge on any atom is -0.381 e. The smallest absolute Gasteiger partial charge is 0.316 e. The summed E-state index contributed by atoms with van der Waals surface area (Å²) in [6, 6.07) is -0.0226. The first-order valence-electron chi connectivity index (χ1n) is 4.74. The Bertz CT molecular complexity index is 167. The van der Waals surface area contributed by atoms with Gasteiger partial charge in [0.15, 0.2) is 0 Å². The van der Waals surface area contributed by atoms with Crippen molar-refractivity contribution in [3.05, 3.63) is 0 Å². The molecular weight excluding hydrogens is 168 g/mol. The molecule has 1 unspecified atom stereocenters. The molecule has 1 saturated heterocycles. The highest BCUT2D eigenvalue weighted by atomic mass is 16.5. The zero-order chi connectivity index (χ0) is 9.68. The van der Waals surface area contributed by atoms with Crippen molar-refractivity contribution < 1.29 is 9.53 Å². The van der Waals surface area contributed by atoms with Gasteiger partial charge < -0.3 is 15.0 Å². The lowest BCUT2D eigenvalue weighted by molar-refractivity contribution is 0.0458. The molecule has 1 atom stereocenters. The first-order valence-corrected chi connectivity index (χ1v) is 4.74. The first-order chi connectivity index (χ1) is 6.24. The monoisotopic (exact) mass is 186 g/mol. The molecule has 13 heavy (non-hydrogen) atoms. The average Bonchev–Trinajstić information content (AvgIpc) is 2.18. The van der Waals surface area contributed by atoms with Gasteiger partial charge in [0, 0.05) is 33.2 Å². The number of hydrogen-bond acceptors (Lipinski definition) is 2. The number of carbonyl (C=O) groups excluding carboxylic acids is 1. The Labute approximate surface area is 79.2 Å². The fourth-order valence-electron chi connectivity index (χ4n) is 1.61. The van der Waals surface area contributed by atoms with Gasteiger partial charge in [0.1, 0.15) is 0 Å². The molecule has 1 fully saturated rings. The second-order valence-corrected chi connectivity index (χ2v) is 3.52. The lowest BCUT2D eigenvalue weighted by Crippen LogP contribution is -2.39. The van der Waals surface area contributed by atoms with E-state index in [1.807, 2.05) is 7.05 Å². The van der Waals surface area contributed by atoms with Gasteiger partial charge in [-0.3, -0.25) is 0 Å². The Morgan fingerprint density at radius 1 is 1.69 bits per heavy atom. The van der Waals surface area contributed by atoms with E-state index in [0.29, 0.717) is 5.92 Å². The van der Waals surface area contributed by atoms with E-state index >= 15 is 0 Å². The number of nitrogens with one attached hydrogen (secondary N) is 1. The third-order valence-electron chi connectivity index (χ3n) is 2.35. The van der Waals surface area contributed by atoms with E-state index in [-0.39, 0.29) is 6.03 Å². The molecule has 0 spiro atoms. The maximum atomic E-state index is 11.2. The normalized spacial score (nSPS) is 22.5. The largest absolute Gasteiger partial charge is 0.381 e. The third kappa shape index (κ3) is 3.22. The van der Waals surface area contributed by atoms with Crippen LogP contribution in [0.5, 0.6) is 0 Å². The molecule has 1 N–H and O–H groups in total. The Kier molecular flexibility index (Phi) is 4.02. The van der Waals surface area contributed by atoms with Gasteiger partial charge in [0.05, 0.1) is 6.61 Å². The third-order valence-corrected chi connectivity index (χ3v) is 2.35. The van der Waals surface area contributed by atoms with Crippen molar-refractivity contribution in [3.8, 4) is 0 Å². The highest BCUT2D eigenvalue weighted by molar-refractivity contribution is 5.73. The number of carbonyl (C=O) groups is 1. The maximum absolute atomic E-state index is 11.2. The Morgan fingerprint density at radius 2 is 2.46 bits per heavy atom. The molecule has 0 aromatic rings. The summed E-state index contributed by atoms with van der Waals surface area (Å²) in [5.41, 5.74) is 0. The molecule has 4 nitrogen and oxygen atoms in total. The minimum absolute atomic E-state index is 0.0226. The van der Waals surface area contributed by atoms with Crippen LogP contribution in [0.25, 0.3) is 0 Å². The van der Waals surface area contributed by atoms with E-state index in [4.69, 9.17) is 4.74 Å². The van der Waals surface area contributed by atoms with Gasteiger partial charge in [0.25, 0.3) is 0 Å². The number of urea groups is 1. The number of hydrogen-bond donors (Lipinski definition) is 1. The summed E-state index contributed by atoms with van der Waals surface area (Å²) in [5, 5.41) is 2.60. The van der Waals surface area contributed by atoms with Crippen LogP contribution in [0.3, 0.4) is 0 Å². The van der Waals surface area contributed by atoms with E-state index < -0.39 is 0 Å². The molecule has 4 heteroatoms. The van der Waals surface area contributed by atoms with E-state index in [1.165, 1.54) is 6.42 Å². The van der Waals surface area contributed by atoms with Gasteiger partial charge in [-0.15, -0.1) is 0 Å². The summed E-state index contributed by atoms with van der Waals surface area (Å²) in [5.74, 6) is 0.510. The van der Waals surface area contributed by atoms with Gasteiger partial charge >= 0.3 is 6.03 Å². The molecule has 1 rings (SSSR count). The van der Waals surface area contributed by atoms with Crippen LogP contribution in [0.15, 0.2) is 0 Å². The van der Waals surface area contributed by atoms with E-state index in [9.17, 15) is 4.79 Å². The fourth-order valence-corrected chi connectivity index (χ4v) is 1.61. The lowest BCUT2D eigenvalue weighted by atomic mass is 10.0. The van der Waals surface area contributed by atoms with Crippen LogP contribution in [0, 0.1) is 5.92 Å². The molecule has 0 aliphatic carbocycles. The molecule has 0 aromatic carbocycles. The zero-order valence-electron chi connectivity index (χ0n) is 8.38. The summed E-state index contributed by atoms with van der Waals surface area (Å²) in [6.45, 7) is 2.46. The van der Waals surface area contributed by atoms with Crippen molar-refractivity contribution in [2.75, 3.05) is 33.9 Å². The zero-order valence-corrected chi connectivity index (χ0v) is 8.38. The van der Waals surface area contributed by atoms with Crippen LogP contribution in [0.2, 0.25) is 0 Å². The van der Waals surface area contributed by atoms with Crippen LogP contribution < -0.4 is 5.32 Å². The highest BCUT2D eigenvalue weighted by Crippen LogP contribution is 2.14. The summed E-state index contributed by atoms with van der Waals surface area (Å²) in [7, 11) is 3.46. The van der Waals surface area contributed by atoms with Gasteiger partial charge in [-0.1, -0.05) is 0 Å². The van der Waals surface area contributed by atoms with E-state index in [1.54, 1.807) is 11.9 Å². The van der Waals surface area contributed by atoms with Crippen molar-refractivity contribution in [2.45, 2.75) is 12.8 Å². The molecule has 0 radical (unpaired) electrons. The van der Waals surface area contributed by atoms with Crippen molar-refractivity contribution >= 4 is 6.03 Å². The van der Waals surface area contributed by atoms with Gasteiger partial charge in [-0.05, 0) is 12.8 Å². The summed E-state index contributed by atoms with van der Waals surface area (Å²) in [6.07, 6.45) is 2.29. The van der Waals surface area contributed by atoms with Crippen molar-refractivity contribution in [2.24, 2.45) is 5.92 Å². The summed E-state index contributed by atoms with van der Waals surface area (Å²) >= 11 is 0. The van der Waals surface area contributed by atoms with Crippen LogP contribution in [0.1, 0.15) is 12.8 Å². The Hall–Kier alpha value is -0.770. The highest BCUT2D eigenvalue weighted by Gasteiger charge is 2.17. The lowest BCUT2D eigenvalue weighted by Gasteiger charge is -2.26. The predicted octanol–water partition coefficient (Wildman–Crippen LogP) is 0.684. The van der Waals surface area contributed by atoms with Crippen LogP contribution in [-0.2, 0) is 4.74 Å². The predicted molar refractivity (Wildman–Crippen MR) is 50.6 cm³/mol. The van der Waals surface area contributed by atoms with Gasteiger partial charge in [0.2, 0.25) is 0 Å². The number of amides is 2. The molecule has 0 aromatic heterocycles. The van der Waals surface area contributed by atoms with Crippen molar-refractivity contribution in [1.29, 1.82) is 0 Å². The molecule has 2 amide bonds. The molecule has 76 valence electrons. The second-order valence-electron chi connectivity index (χ2n) is 3.52. The summed E-state index contributed by atoms with van der Waals surface area (Å²) < 4.78 is 5.34. The molecule has 1 aliphatic heterocycles. The first kappa shape index (κ1) is 10.3. The topological polar surface area (TPSA) is 41.6 Å². The van der Waals surface area contributed by atoms with Gasteiger partial charge in [-0.2, -0.15) is 0 Å². The molecule has 0 bridgehead atoms. The average molecular weight is 186 g/mol. The quantitative estimate of drug-likeness (QED) is 0.689.